The highest BCUT2D eigenvalue weighted by molar-refractivity contribution is 7.10. The maximum Gasteiger partial charge on any atom is 0.0555 e. The number of benzene rings is 1. The quantitative estimate of drug-likeness (QED) is 0.872. The van der Waals surface area contributed by atoms with E-state index < -0.39 is 0 Å². The fourth-order valence-electron chi connectivity index (χ4n) is 2.10. The van der Waals surface area contributed by atoms with Gasteiger partial charge in [-0.3, -0.25) is 0 Å². The standard InChI is InChI=1S/C17H20N2S/c1-3-19(16-8-4-6-14(2)12-16)13-17-15(7-5-10-18)9-11-20-17/h4,6,8-9,11-12H,3,10,13,18H2,1-2H3. The molecule has 0 aliphatic heterocycles. The van der Waals surface area contributed by atoms with Crippen LogP contribution < -0.4 is 10.6 Å². The second kappa shape index (κ2) is 7.14. The van der Waals surface area contributed by atoms with E-state index in [1.165, 1.54) is 16.1 Å². The van der Waals surface area contributed by atoms with E-state index in [1.807, 2.05) is 0 Å². The van der Waals surface area contributed by atoms with E-state index in [0.717, 1.165) is 18.7 Å². The Kier molecular flexibility index (Phi) is 5.23. The SMILES string of the molecule is CCN(Cc1sccc1C#CCN)c1cccc(C)c1. The van der Waals surface area contributed by atoms with Crippen LogP contribution in [-0.2, 0) is 6.54 Å². The third kappa shape index (κ3) is 3.63. The average Bonchev–Trinajstić information content (AvgIpc) is 2.89. The highest BCUT2D eigenvalue weighted by Gasteiger charge is 2.09. The molecule has 0 spiro atoms. The van der Waals surface area contributed by atoms with Crippen molar-refractivity contribution in [2.75, 3.05) is 18.0 Å². The number of nitrogens with two attached hydrogens (primary N) is 1. The van der Waals surface area contributed by atoms with Crippen LogP contribution in [0.5, 0.6) is 0 Å². The van der Waals surface area contributed by atoms with Gasteiger partial charge < -0.3 is 10.6 Å². The first-order chi connectivity index (χ1) is 9.74. The van der Waals surface area contributed by atoms with Gasteiger partial charge in [-0.25, -0.2) is 0 Å². The zero-order valence-electron chi connectivity index (χ0n) is 12.0. The molecule has 0 atom stereocenters. The molecule has 0 radical (unpaired) electrons. The molecule has 0 saturated heterocycles. The summed E-state index contributed by atoms with van der Waals surface area (Å²) in [5.74, 6) is 6.09. The molecule has 2 aromatic rings. The minimum absolute atomic E-state index is 0.407. The molecule has 104 valence electrons. The Bertz CT molecular complexity index is 619. The average molecular weight is 284 g/mol. The summed E-state index contributed by atoms with van der Waals surface area (Å²) in [6.07, 6.45) is 0. The van der Waals surface area contributed by atoms with Crippen molar-refractivity contribution < 1.29 is 0 Å². The van der Waals surface area contributed by atoms with Crippen LogP contribution in [0.1, 0.15) is 22.9 Å². The Balaban J connectivity index is 2.21. The largest absolute Gasteiger partial charge is 0.367 e. The van der Waals surface area contributed by atoms with Gasteiger partial charge in [0.1, 0.15) is 0 Å². The molecule has 3 heteroatoms. The first-order valence-electron chi connectivity index (χ1n) is 6.81. The van der Waals surface area contributed by atoms with E-state index >= 15 is 0 Å². The maximum atomic E-state index is 5.45. The fraction of sp³-hybridized carbons (Fsp3) is 0.294. The normalized spacial score (nSPS) is 9.95. The number of nitrogens with zero attached hydrogens (tertiary/aromatic N) is 1. The Morgan fingerprint density at radius 3 is 2.85 bits per heavy atom. The van der Waals surface area contributed by atoms with E-state index in [1.54, 1.807) is 11.3 Å². The van der Waals surface area contributed by atoms with Crippen LogP contribution in [0, 0.1) is 18.8 Å². The van der Waals surface area contributed by atoms with Crippen molar-refractivity contribution in [3.63, 3.8) is 0 Å². The molecule has 0 unspecified atom stereocenters. The van der Waals surface area contributed by atoms with Crippen LogP contribution in [0.25, 0.3) is 0 Å². The zero-order chi connectivity index (χ0) is 14.4. The maximum absolute atomic E-state index is 5.45. The summed E-state index contributed by atoms with van der Waals surface area (Å²) in [7, 11) is 0. The molecular formula is C17H20N2S. The van der Waals surface area contributed by atoms with Crippen LogP contribution in [0.15, 0.2) is 35.7 Å². The topological polar surface area (TPSA) is 29.3 Å². The van der Waals surface area contributed by atoms with Crippen molar-refractivity contribution in [2.45, 2.75) is 20.4 Å². The Labute approximate surface area is 125 Å². The third-order valence-corrected chi connectivity index (χ3v) is 4.06. The first-order valence-corrected chi connectivity index (χ1v) is 7.69. The lowest BCUT2D eigenvalue weighted by molar-refractivity contribution is 0.840. The number of anilines is 1. The minimum Gasteiger partial charge on any atom is -0.367 e. The second-order valence-electron chi connectivity index (χ2n) is 4.62. The summed E-state index contributed by atoms with van der Waals surface area (Å²) >= 11 is 1.76. The number of aryl methyl sites for hydroxylation is 1. The fourth-order valence-corrected chi connectivity index (χ4v) is 2.95. The van der Waals surface area contributed by atoms with E-state index in [0.29, 0.717) is 6.54 Å². The summed E-state index contributed by atoms with van der Waals surface area (Å²) in [4.78, 5) is 3.67. The molecule has 1 aromatic heterocycles. The molecule has 20 heavy (non-hydrogen) atoms. The molecule has 0 bridgehead atoms. The van der Waals surface area contributed by atoms with Crippen LogP contribution in [0.4, 0.5) is 5.69 Å². The van der Waals surface area contributed by atoms with Gasteiger partial charge in [0.25, 0.3) is 0 Å². The summed E-state index contributed by atoms with van der Waals surface area (Å²) in [6.45, 7) is 6.59. The van der Waals surface area contributed by atoms with Gasteiger partial charge in [-0.15, -0.1) is 11.3 Å². The van der Waals surface area contributed by atoms with Crippen molar-refractivity contribution >= 4 is 17.0 Å². The van der Waals surface area contributed by atoms with Gasteiger partial charge >= 0.3 is 0 Å². The van der Waals surface area contributed by atoms with Crippen LogP contribution >= 0.6 is 11.3 Å². The first kappa shape index (κ1) is 14.6. The summed E-state index contributed by atoms with van der Waals surface area (Å²) in [5.41, 5.74) is 9.10. The molecule has 0 fully saturated rings. The lowest BCUT2D eigenvalue weighted by atomic mass is 10.2. The third-order valence-electron chi connectivity index (χ3n) is 3.15. The molecule has 0 aliphatic carbocycles. The Morgan fingerprint density at radius 2 is 2.15 bits per heavy atom. The van der Waals surface area contributed by atoms with Crippen molar-refractivity contribution in [3.8, 4) is 11.8 Å². The molecule has 2 rings (SSSR count). The van der Waals surface area contributed by atoms with Crippen LogP contribution in [-0.4, -0.2) is 13.1 Å². The minimum atomic E-state index is 0.407. The molecule has 2 nitrogen and oxygen atoms in total. The molecule has 1 heterocycles. The molecule has 2 N–H and O–H groups in total. The Morgan fingerprint density at radius 1 is 1.30 bits per heavy atom. The highest BCUT2D eigenvalue weighted by Crippen LogP contribution is 2.23. The van der Waals surface area contributed by atoms with Gasteiger partial charge in [-0.2, -0.15) is 0 Å². The van der Waals surface area contributed by atoms with Crippen LogP contribution in [0.2, 0.25) is 0 Å². The van der Waals surface area contributed by atoms with Crippen LogP contribution in [0.3, 0.4) is 0 Å². The van der Waals surface area contributed by atoms with Crippen molar-refractivity contribution in [1.82, 2.24) is 0 Å². The summed E-state index contributed by atoms with van der Waals surface area (Å²) in [5, 5.41) is 2.10. The monoisotopic (exact) mass is 284 g/mol. The number of rotatable bonds is 4. The van der Waals surface area contributed by atoms with Gasteiger partial charge in [-0.05, 0) is 43.0 Å². The smallest absolute Gasteiger partial charge is 0.0555 e. The van der Waals surface area contributed by atoms with Gasteiger partial charge in [0, 0.05) is 22.7 Å². The van der Waals surface area contributed by atoms with E-state index in [4.69, 9.17) is 5.73 Å². The second-order valence-corrected chi connectivity index (χ2v) is 5.62. The predicted molar refractivity (Wildman–Crippen MR) is 88.2 cm³/mol. The Hall–Kier alpha value is -1.76. The summed E-state index contributed by atoms with van der Waals surface area (Å²) in [6, 6.07) is 10.7. The molecule has 0 amide bonds. The lowest BCUT2D eigenvalue weighted by Crippen LogP contribution is -2.21. The molecular weight excluding hydrogens is 264 g/mol. The van der Waals surface area contributed by atoms with Gasteiger partial charge in [0.2, 0.25) is 0 Å². The predicted octanol–water partition coefficient (Wildman–Crippen LogP) is 3.39. The summed E-state index contributed by atoms with van der Waals surface area (Å²) < 4.78 is 0. The molecule has 0 aliphatic rings. The van der Waals surface area contributed by atoms with E-state index in [9.17, 15) is 0 Å². The lowest BCUT2D eigenvalue weighted by Gasteiger charge is -2.23. The van der Waals surface area contributed by atoms with Gasteiger partial charge in [-0.1, -0.05) is 24.0 Å². The molecule has 1 aromatic carbocycles. The van der Waals surface area contributed by atoms with E-state index in [2.05, 4.69) is 66.3 Å². The number of thiophene rings is 1. The highest BCUT2D eigenvalue weighted by atomic mass is 32.1. The van der Waals surface area contributed by atoms with Crippen molar-refractivity contribution in [1.29, 1.82) is 0 Å². The van der Waals surface area contributed by atoms with Gasteiger partial charge in [0.15, 0.2) is 0 Å². The number of hydrogen-bond acceptors (Lipinski definition) is 3. The van der Waals surface area contributed by atoms with Gasteiger partial charge in [0.05, 0.1) is 13.1 Å². The van der Waals surface area contributed by atoms with Crippen molar-refractivity contribution in [3.05, 3.63) is 51.7 Å². The number of hydrogen-bond donors (Lipinski definition) is 1. The van der Waals surface area contributed by atoms with E-state index in [-0.39, 0.29) is 0 Å². The molecule has 0 saturated carbocycles. The zero-order valence-corrected chi connectivity index (χ0v) is 12.8. The van der Waals surface area contributed by atoms with Crippen molar-refractivity contribution in [2.24, 2.45) is 5.73 Å².